The molecule has 2 aliphatic rings. The number of likely N-dealkylation sites (N-methyl/N-ethyl adjacent to an activating group) is 1. The maximum Gasteiger partial charge on any atom is 0.251 e. The molecular formula is C46H58FN9O3. The summed E-state index contributed by atoms with van der Waals surface area (Å²) in [6.07, 6.45) is 4.31. The molecule has 0 saturated carbocycles. The highest BCUT2D eigenvalue weighted by Gasteiger charge is 2.23. The fraction of sp³-hybridized carbons (Fsp3) is 0.435. The second-order valence-corrected chi connectivity index (χ2v) is 15.9. The molecule has 0 unspecified atom stereocenters. The van der Waals surface area contributed by atoms with Crippen LogP contribution < -0.4 is 16.0 Å². The highest BCUT2D eigenvalue weighted by Crippen LogP contribution is 2.31. The van der Waals surface area contributed by atoms with Gasteiger partial charge in [-0.3, -0.25) is 19.4 Å². The van der Waals surface area contributed by atoms with E-state index in [1.165, 1.54) is 6.07 Å². The molecule has 2 fully saturated rings. The first-order valence-electron chi connectivity index (χ1n) is 21.0. The van der Waals surface area contributed by atoms with Gasteiger partial charge in [0.1, 0.15) is 5.82 Å². The number of anilines is 1. The van der Waals surface area contributed by atoms with Gasteiger partial charge >= 0.3 is 0 Å². The van der Waals surface area contributed by atoms with Crippen LogP contribution in [-0.2, 0) is 37.3 Å². The molecule has 0 radical (unpaired) electrons. The fourth-order valence-electron chi connectivity index (χ4n) is 7.97. The summed E-state index contributed by atoms with van der Waals surface area (Å²) < 4.78 is 22.8. The van der Waals surface area contributed by atoms with E-state index in [2.05, 4.69) is 68.9 Å². The third kappa shape index (κ3) is 10.5. The number of amides is 2. The molecule has 2 saturated heterocycles. The number of pyridine rings is 1. The van der Waals surface area contributed by atoms with Gasteiger partial charge in [0.15, 0.2) is 5.65 Å². The number of hydrogen-bond acceptors (Lipinski definition) is 9. The Balaban J connectivity index is 0.981. The van der Waals surface area contributed by atoms with E-state index < -0.39 is 0 Å². The van der Waals surface area contributed by atoms with Gasteiger partial charge in [-0.15, -0.1) is 0 Å². The van der Waals surface area contributed by atoms with Crippen LogP contribution in [0.2, 0.25) is 0 Å². The van der Waals surface area contributed by atoms with Gasteiger partial charge in [0.05, 0.1) is 17.3 Å². The lowest BCUT2D eigenvalue weighted by Crippen LogP contribution is -2.47. The predicted octanol–water partition coefficient (Wildman–Crippen LogP) is 5.95. The molecule has 2 amide bonds. The number of aromatic nitrogens is 3. The molecule has 5 aromatic rings. The highest BCUT2D eigenvalue weighted by molar-refractivity contribution is 6.00. The third-order valence-electron chi connectivity index (χ3n) is 11.4. The first-order valence-corrected chi connectivity index (χ1v) is 21.0. The minimum atomic E-state index is -0.326. The third-order valence-corrected chi connectivity index (χ3v) is 11.4. The zero-order valence-electron chi connectivity index (χ0n) is 34.9. The number of aryl methyl sites for hydroxylation is 2. The summed E-state index contributed by atoms with van der Waals surface area (Å²) >= 11 is 0. The molecule has 0 bridgehead atoms. The summed E-state index contributed by atoms with van der Waals surface area (Å²) in [6.45, 7) is 13.7. The van der Waals surface area contributed by atoms with Gasteiger partial charge in [0, 0.05) is 113 Å². The summed E-state index contributed by atoms with van der Waals surface area (Å²) in [7, 11) is 4.22. The van der Waals surface area contributed by atoms with E-state index in [4.69, 9.17) is 9.72 Å². The molecule has 0 atom stereocenters. The van der Waals surface area contributed by atoms with Crippen LogP contribution in [0.25, 0.3) is 22.2 Å². The number of carbonyl (C=O) groups excluding carboxylic acids is 2. The number of hydrogen-bond donors (Lipinski definition) is 3. The molecule has 2 aromatic heterocycles. The second-order valence-electron chi connectivity index (χ2n) is 15.9. The zero-order valence-corrected chi connectivity index (χ0v) is 34.9. The van der Waals surface area contributed by atoms with Crippen LogP contribution in [0.15, 0.2) is 72.9 Å². The molecule has 3 aromatic carbocycles. The van der Waals surface area contributed by atoms with Crippen molar-refractivity contribution in [1.29, 1.82) is 0 Å². The smallest absolute Gasteiger partial charge is 0.251 e. The minimum Gasteiger partial charge on any atom is -0.381 e. The van der Waals surface area contributed by atoms with Crippen LogP contribution in [0.5, 0.6) is 0 Å². The van der Waals surface area contributed by atoms with Gasteiger partial charge in [-0.2, -0.15) is 5.10 Å². The summed E-state index contributed by atoms with van der Waals surface area (Å²) in [5.41, 5.74) is 7.55. The van der Waals surface area contributed by atoms with E-state index in [0.29, 0.717) is 42.9 Å². The Morgan fingerprint density at radius 1 is 0.864 bits per heavy atom. The predicted molar refractivity (Wildman–Crippen MR) is 231 cm³/mol. The first-order chi connectivity index (χ1) is 28.7. The van der Waals surface area contributed by atoms with E-state index in [-0.39, 0.29) is 36.8 Å². The van der Waals surface area contributed by atoms with Crippen LogP contribution >= 0.6 is 0 Å². The number of benzene rings is 3. The average molecular weight is 804 g/mol. The Labute approximate surface area is 347 Å². The van der Waals surface area contributed by atoms with Crippen LogP contribution in [0, 0.1) is 5.82 Å². The largest absolute Gasteiger partial charge is 0.381 e. The Hall–Kier alpha value is -5.21. The van der Waals surface area contributed by atoms with Gasteiger partial charge in [0.25, 0.3) is 11.8 Å². The summed E-state index contributed by atoms with van der Waals surface area (Å²) in [4.78, 5) is 39.2. The topological polar surface area (TPSA) is 120 Å². The van der Waals surface area contributed by atoms with E-state index in [1.807, 2.05) is 29.9 Å². The summed E-state index contributed by atoms with van der Waals surface area (Å²) in [5.74, 6) is -0.932. The fourth-order valence-corrected chi connectivity index (χ4v) is 7.97. The Morgan fingerprint density at radius 2 is 1.58 bits per heavy atom. The number of carbonyl (C=O) groups is 2. The Kier molecular flexibility index (Phi) is 14.0. The second kappa shape index (κ2) is 19.7. The van der Waals surface area contributed by atoms with Crippen molar-refractivity contribution in [3.05, 3.63) is 112 Å². The lowest BCUT2D eigenvalue weighted by molar-refractivity contribution is 0.0904. The number of piperazine rings is 1. The quantitative estimate of drug-likeness (QED) is 0.111. The number of halogens is 1. The van der Waals surface area contributed by atoms with E-state index >= 15 is 4.39 Å². The maximum atomic E-state index is 15.3. The van der Waals surface area contributed by atoms with E-state index in [1.54, 1.807) is 36.4 Å². The molecule has 7 rings (SSSR count). The van der Waals surface area contributed by atoms with E-state index in [9.17, 15) is 9.59 Å². The SMILES string of the molecule is CCc1nc2c(cnn2CC)c(NC2CCOCC2)c1CNC(=O)c1cccc(C(=O)NCc2ccc(F)c(-c3cccc(CN4CCN(CCN(C)C)CC4)c3)c2)c1. The average Bonchev–Trinajstić information content (AvgIpc) is 3.68. The van der Waals surface area contributed by atoms with Gasteiger partial charge in [-0.25, -0.2) is 14.1 Å². The number of nitrogens with zero attached hydrogens (tertiary/aromatic N) is 6. The number of fused-ring (bicyclic) bond motifs is 1. The molecule has 0 spiro atoms. The molecule has 2 aliphatic heterocycles. The normalized spacial score (nSPS) is 15.5. The molecule has 13 heteroatoms. The van der Waals surface area contributed by atoms with Gasteiger partial charge < -0.3 is 25.6 Å². The lowest BCUT2D eigenvalue weighted by Gasteiger charge is -2.35. The number of ether oxygens (including phenoxy) is 1. The summed E-state index contributed by atoms with van der Waals surface area (Å²) in [6, 6.07) is 20.0. The van der Waals surface area contributed by atoms with Crippen LogP contribution in [-0.4, -0.2) is 114 Å². The molecule has 4 heterocycles. The van der Waals surface area contributed by atoms with Crippen molar-refractivity contribution in [1.82, 2.24) is 40.1 Å². The van der Waals surface area contributed by atoms with Crippen molar-refractivity contribution in [3.63, 3.8) is 0 Å². The standard InChI is InChI=1S/C46H58FN9O3/c1-5-42-39(43(51-37-15-23-59-24-16-37)40-30-50-56(6-2)44(40)52-42)29-49-46(58)36-12-8-11-35(27-36)45(57)48-28-32-13-14-41(47)38(26-32)34-10-7-9-33(25-34)31-55-21-19-54(20-22-55)18-17-53(3)4/h7-14,25-27,30,37H,5-6,15-24,28-29,31H2,1-4H3,(H,48,57)(H,49,58)(H,51,52). The molecule has 12 nitrogen and oxygen atoms in total. The van der Waals surface area contributed by atoms with Gasteiger partial charge in [-0.05, 0) is 93.4 Å². The Morgan fingerprint density at radius 3 is 2.29 bits per heavy atom. The zero-order chi connectivity index (χ0) is 41.3. The summed E-state index contributed by atoms with van der Waals surface area (Å²) in [5, 5.41) is 15.3. The van der Waals surface area contributed by atoms with Crippen molar-refractivity contribution in [2.45, 2.75) is 65.3 Å². The van der Waals surface area contributed by atoms with Crippen LogP contribution in [0.1, 0.15) is 69.8 Å². The van der Waals surface area contributed by atoms with Gasteiger partial charge in [0.2, 0.25) is 0 Å². The number of nitrogens with one attached hydrogen (secondary N) is 3. The Bertz CT molecular complexity index is 2230. The van der Waals surface area contributed by atoms with Crippen molar-refractivity contribution in [2.24, 2.45) is 0 Å². The van der Waals surface area contributed by atoms with Crippen molar-refractivity contribution in [3.8, 4) is 11.1 Å². The molecule has 312 valence electrons. The van der Waals surface area contributed by atoms with E-state index in [0.717, 1.165) is 103 Å². The molecule has 0 aliphatic carbocycles. The maximum absolute atomic E-state index is 15.3. The van der Waals surface area contributed by atoms with Crippen LogP contribution in [0.3, 0.4) is 0 Å². The number of rotatable bonds is 16. The van der Waals surface area contributed by atoms with Gasteiger partial charge in [-0.1, -0.05) is 37.3 Å². The molecule has 59 heavy (non-hydrogen) atoms. The highest BCUT2D eigenvalue weighted by atomic mass is 19.1. The first kappa shape index (κ1) is 41.9. The van der Waals surface area contributed by atoms with Crippen molar-refractivity contribution in [2.75, 3.05) is 71.9 Å². The molecule has 3 N–H and O–H groups in total. The minimum absolute atomic E-state index is 0.201. The lowest BCUT2D eigenvalue weighted by atomic mass is 10.00. The van der Waals surface area contributed by atoms with Crippen LogP contribution in [0.4, 0.5) is 10.1 Å². The van der Waals surface area contributed by atoms with Crippen molar-refractivity contribution < 1.29 is 18.7 Å². The van der Waals surface area contributed by atoms with Crippen molar-refractivity contribution >= 4 is 28.5 Å². The monoisotopic (exact) mass is 803 g/mol. The molecular weight excluding hydrogens is 746 g/mol.